The van der Waals surface area contributed by atoms with Crippen LogP contribution in [0.1, 0.15) is 31.8 Å². The second-order valence-corrected chi connectivity index (χ2v) is 6.77. The molecule has 3 rings (SSSR count). The Kier molecular flexibility index (Phi) is 6.24. The smallest absolute Gasteiger partial charge is 0.343 e. The SMILES string of the molecule is Cc1cc(C(=O)Oc2ccc(OC(=O)c3ccc([N+](=O)[O-])c(C)c3)cc2)ccc1[N+](=O)[O-]. The summed E-state index contributed by atoms with van der Waals surface area (Å²) in [6, 6.07) is 13.5. The molecule has 10 nitrogen and oxygen atoms in total. The Hall–Kier alpha value is -4.60. The van der Waals surface area contributed by atoms with Crippen LogP contribution >= 0.6 is 0 Å². The first-order chi connectivity index (χ1) is 15.2. The number of carbonyl (C=O) groups is 2. The lowest BCUT2D eigenvalue weighted by molar-refractivity contribution is -0.385. The highest BCUT2D eigenvalue weighted by molar-refractivity contribution is 5.92. The third-order valence-electron chi connectivity index (χ3n) is 4.50. The van der Waals surface area contributed by atoms with E-state index in [4.69, 9.17) is 9.47 Å². The molecule has 0 amide bonds. The van der Waals surface area contributed by atoms with E-state index < -0.39 is 21.8 Å². The fourth-order valence-corrected chi connectivity index (χ4v) is 2.88. The van der Waals surface area contributed by atoms with Crippen molar-refractivity contribution in [2.24, 2.45) is 0 Å². The number of hydrogen-bond donors (Lipinski definition) is 0. The summed E-state index contributed by atoms with van der Waals surface area (Å²) in [5.74, 6) is -1.04. The molecule has 0 radical (unpaired) electrons. The van der Waals surface area contributed by atoms with Crippen molar-refractivity contribution >= 4 is 23.3 Å². The molecule has 0 aliphatic rings. The molecule has 0 spiro atoms. The van der Waals surface area contributed by atoms with Gasteiger partial charge in [0, 0.05) is 23.3 Å². The minimum atomic E-state index is -0.700. The van der Waals surface area contributed by atoms with E-state index in [1.165, 1.54) is 74.5 Å². The van der Waals surface area contributed by atoms with Crippen molar-refractivity contribution in [2.75, 3.05) is 0 Å². The van der Waals surface area contributed by atoms with Gasteiger partial charge in [-0.1, -0.05) is 0 Å². The molecule has 0 bridgehead atoms. The third kappa shape index (κ3) is 4.93. The van der Waals surface area contributed by atoms with Crippen molar-refractivity contribution in [3.05, 3.63) is 103 Å². The molecule has 162 valence electrons. The van der Waals surface area contributed by atoms with Crippen LogP contribution in [0, 0.1) is 34.1 Å². The zero-order valence-electron chi connectivity index (χ0n) is 16.9. The summed E-state index contributed by atoms with van der Waals surface area (Å²) in [6.07, 6.45) is 0. The van der Waals surface area contributed by atoms with Crippen molar-refractivity contribution < 1.29 is 28.9 Å². The van der Waals surface area contributed by atoms with Crippen molar-refractivity contribution in [3.8, 4) is 11.5 Å². The molecule has 3 aromatic rings. The third-order valence-corrected chi connectivity index (χ3v) is 4.50. The molecule has 0 aromatic heterocycles. The van der Waals surface area contributed by atoms with Gasteiger partial charge in [0.25, 0.3) is 11.4 Å². The topological polar surface area (TPSA) is 139 Å². The second kappa shape index (κ2) is 9.04. The van der Waals surface area contributed by atoms with Crippen LogP contribution in [0.2, 0.25) is 0 Å². The predicted molar refractivity (Wildman–Crippen MR) is 112 cm³/mol. The molecule has 10 heteroatoms. The van der Waals surface area contributed by atoms with Crippen LogP contribution in [0.25, 0.3) is 0 Å². The Labute approximate surface area is 181 Å². The van der Waals surface area contributed by atoms with Gasteiger partial charge < -0.3 is 9.47 Å². The van der Waals surface area contributed by atoms with E-state index in [0.29, 0.717) is 11.1 Å². The van der Waals surface area contributed by atoms with Crippen LogP contribution < -0.4 is 9.47 Å². The maximum absolute atomic E-state index is 12.3. The number of aryl methyl sites for hydroxylation is 2. The molecule has 0 aliphatic carbocycles. The minimum Gasteiger partial charge on any atom is -0.423 e. The largest absolute Gasteiger partial charge is 0.423 e. The lowest BCUT2D eigenvalue weighted by Crippen LogP contribution is -2.10. The van der Waals surface area contributed by atoms with Gasteiger partial charge in [-0.25, -0.2) is 9.59 Å². The van der Waals surface area contributed by atoms with Crippen LogP contribution in [-0.4, -0.2) is 21.8 Å². The second-order valence-electron chi connectivity index (χ2n) is 6.77. The Balaban J connectivity index is 1.66. The van der Waals surface area contributed by atoms with Crippen LogP contribution in [0.3, 0.4) is 0 Å². The molecular weight excluding hydrogens is 420 g/mol. The number of benzene rings is 3. The molecule has 32 heavy (non-hydrogen) atoms. The van der Waals surface area contributed by atoms with Crippen molar-refractivity contribution in [2.45, 2.75) is 13.8 Å². The monoisotopic (exact) mass is 436 g/mol. The zero-order valence-corrected chi connectivity index (χ0v) is 16.9. The molecule has 0 heterocycles. The number of nitrogens with zero attached hydrogens (tertiary/aromatic N) is 2. The number of esters is 2. The summed E-state index contributed by atoms with van der Waals surface area (Å²) in [5.41, 5.74) is 0.752. The lowest BCUT2D eigenvalue weighted by atomic mass is 10.1. The van der Waals surface area contributed by atoms with Gasteiger partial charge in [-0.05, 0) is 62.4 Å². The molecule has 0 saturated carbocycles. The highest BCUT2D eigenvalue weighted by atomic mass is 16.6. The summed E-state index contributed by atoms with van der Waals surface area (Å²) >= 11 is 0. The van der Waals surface area contributed by atoms with E-state index in [2.05, 4.69) is 0 Å². The Morgan fingerprint density at radius 3 is 1.28 bits per heavy atom. The van der Waals surface area contributed by atoms with Crippen LogP contribution in [0.4, 0.5) is 11.4 Å². The summed E-state index contributed by atoms with van der Waals surface area (Å²) in [5, 5.41) is 21.8. The van der Waals surface area contributed by atoms with Crippen LogP contribution in [0.15, 0.2) is 60.7 Å². The number of carbonyl (C=O) groups excluding carboxylic acids is 2. The molecular formula is C22H16N2O8. The van der Waals surface area contributed by atoms with Gasteiger partial charge >= 0.3 is 11.9 Å². The van der Waals surface area contributed by atoms with E-state index in [9.17, 15) is 29.8 Å². The quantitative estimate of drug-likeness (QED) is 0.237. The molecule has 3 aromatic carbocycles. The van der Waals surface area contributed by atoms with E-state index in [0.717, 1.165) is 0 Å². The Morgan fingerprint density at radius 2 is 1.00 bits per heavy atom. The highest BCUT2D eigenvalue weighted by Crippen LogP contribution is 2.23. The van der Waals surface area contributed by atoms with E-state index >= 15 is 0 Å². The van der Waals surface area contributed by atoms with Gasteiger partial charge in [-0.2, -0.15) is 0 Å². The van der Waals surface area contributed by atoms with Gasteiger partial charge in [0.2, 0.25) is 0 Å². The first-order valence-electron chi connectivity index (χ1n) is 9.20. The Bertz CT molecular complexity index is 1140. The molecule has 0 fully saturated rings. The summed E-state index contributed by atoms with van der Waals surface area (Å²) < 4.78 is 10.5. The molecule has 0 N–H and O–H groups in total. The number of ether oxygens (including phenoxy) is 2. The minimum absolute atomic E-state index is 0.101. The predicted octanol–water partition coefficient (Wildman–Crippen LogP) is 4.56. The van der Waals surface area contributed by atoms with Crippen LogP contribution in [0.5, 0.6) is 11.5 Å². The fraction of sp³-hybridized carbons (Fsp3) is 0.0909. The number of hydrogen-bond acceptors (Lipinski definition) is 8. The molecule has 0 saturated heterocycles. The van der Waals surface area contributed by atoms with Crippen molar-refractivity contribution in [3.63, 3.8) is 0 Å². The van der Waals surface area contributed by atoms with E-state index in [-0.39, 0.29) is 34.0 Å². The summed E-state index contributed by atoms with van der Waals surface area (Å²) in [4.78, 5) is 45.2. The highest BCUT2D eigenvalue weighted by Gasteiger charge is 2.17. The number of rotatable bonds is 6. The summed E-state index contributed by atoms with van der Waals surface area (Å²) in [7, 11) is 0. The average molecular weight is 436 g/mol. The standard InChI is InChI=1S/C22H16N2O8/c1-13-11-15(3-9-19(13)23(27)28)21(25)31-17-5-7-18(8-6-17)32-22(26)16-4-10-20(24(29)30)14(2)12-16/h3-12H,1-2H3. The zero-order chi connectivity index (χ0) is 23.4. The molecule has 0 unspecified atom stereocenters. The molecule has 0 atom stereocenters. The van der Waals surface area contributed by atoms with Gasteiger partial charge in [0.05, 0.1) is 21.0 Å². The normalized spacial score (nSPS) is 10.3. The maximum Gasteiger partial charge on any atom is 0.343 e. The summed E-state index contributed by atoms with van der Waals surface area (Å²) in [6.45, 7) is 3.04. The van der Waals surface area contributed by atoms with Crippen molar-refractivity contribution in [1.82, 2.24) is 0 Å². The van der Waals surface area contributed by atoms with Gasteiger partial charge in [-0.15, -0.1) is 0 Å². The van der Waals surface area contributed by atoms with Crippen LogP contribution in [-0.2, 0) is 0 Å². The molecule has 0 aliphatic heterocycles. The average Bonchev–Trinajstić information content (AvgIpc) is 2.74. The first-order valence-corrected chi connectivity index (χ1v) is 9.20. The van der Waals surface area contributed by atoms with Gasteiger partial charge in [-0.3, -0.25) is 20.2 Å². The van der Waals surface area contributed by atoms with E-state index in [1.807, 2.05) is 0 Å². The number of nitro groups is 2. The lowest BCUT2D eigenvalue weighted by Gasteiger charge is -2.08. The Morgan fingerprint density at radius 1 is 0.656 bits per heavy atom. The van der Waals surface area contributed by atoms with Gasteiger partial charge in [0.15, 0.2) is 0 Å². The van der Waals surface area contributed by atoms with Gasteiger partial charge in [0.1, 0.15) is 11.5 Å². The fourth-order valence-electron chi connectivity index (χ4n) is 2.88. The maximum atomic E-state index is 12.3. The number of nitro benzene ring substituents is 2. The van der Waals surface area contributed by atoms with E-state index in [1.54, 1.807) is 0 Å². The van der Waals surface area contributed by atoms with Crippen molar-refractivity contribution in [1.29, 1.82) is 0 Å². The first kappa shape index (κ1) is 22.1.